The molecule has 1 N–H and O–H groups in total. The van der Waals surface area contributed by atoms with Crippen LogP contribution >= 0.6 is 0 Å². The Balaban J connectivity index is 1.69. The van der Waals surface area contributed by atoms with E-state index in [9.17, 15) is 9.90 Å². The number of aliphatic carboxylic acids is 1. The van der Waals surface area contributed by atoms with Crippen LogP contribution in [0.5, 0.6) is 0 Å². The van der Waals surface area contributed by atoms with Crippen molar-refractivity contribution in [1.82, 2.24) is 0 Å². The summed E-state index contributed by atoms with van der Waals surface area (Å²) in [7, 11) is 1.51. The van der Waals surface area contributed by atoms with Gasteiger partial charge in [-0.15, -0.1) is 0 Å². The van der Waals surface area contributed by atoms with Gasteiger partial charge in [0, 0.05) is 13.5 Å². The van der Waals surface area contributed by atoms with Crippen molar-refractivity contribution >= 4 is 5.97 Å². The van der Waals surface area contributed by atoms with Gasteiger partial charge in [-0.05, 0) is 24.0 Å². The molecule has 4 atom stereocenters. The Kier molecular flexibility index (Phi) is 13.0. The maximum atomic E-state index is 12.8. The summed E-state index contributed by atoms with van der Waals surface area (Å²) in [5, 5.41) is 10.4. The summed E-state index contributed by atoms with van der Waals surface area (Å²) in [6.45, 7) is 2.77. The molecule has 0 aliphatic carbocycles. The molecular formula is C32H44O6. The number of carbonyl (C=O) groups is 1. The highest BCUT2D eigenvalue weighted by molar-refractivity contribution is 5.79. The number of carboxylic acid groups (broad SMARTS) is 1. The van der Waals surface area contributed by atoms with E-state index in [-0.39, 0.29) is 13.0 Å². The average molecular weight is 525 g/mol. The van der Waals surface area contributed by atoms with E-state index in [1.807, 2.05) is 66.7 Å². The van der Waals surface area contributed by atoms with Crippen LogP contribution in [0.2, 0.25) is 0 Å². The van der Waals surface area contributed by atoms with E-state index in [4.69, 9.17) is 18.9 Å². The van der Waals surface area contributed by atoms with E-state index in [1.165, 1.54) is 45.6 Å². The number of carboxylic acids is 1. The van der Waals surface area contributed by atoms with Crippen molar-refractivity contribution in [1.29, 1.82) is 0 Å². The lowest BCUT2D eigenvalue weighted by Gasteiger charge is -2.30. The number of unbranched alkanes of at least 4 members (excludes halogenated alkanes) is 7. The molecule has 6 nitrogen and oxygen atoms in total. The van der Waals surface area contributed by atoms with Crippen molar-refractivity contribution in [2.24, 2.45) is 0 Å². The van der Waals surface area contributed by atoms with Crippen LogP contribution in [-0.4, -0.2) is 42.3 Å². The zero-order chi connectivity index (χ0) is 27.1. The molecule has 208 valence electrons. The van der Waals surface area contributed by atoms with Gasteiger partial charge in [0.1, 0.15) is 12.2 Å². The fraction of sp³-hybridized carbons (Fsp3) is 0.531. The molecule has 38 heavy (non-hydrogen) atoms. The minimum atomic E-state index is -1.62. The number of rotatable bonds is 18. The lowest BCUT2D eigenvalue weighted by atomic mass is 9.90. The molecule has 6 heteroatoms. The number of methoxy groups -OCH3 is 1. The van der Waals surface area contributed by atoms with E-state index in [1.54, 1.807) is 0 Å². The molecule has 1 aliphatic rings. The normalized spacial score (nSPS) is 23.3. The van der Waals surface area contributed by atoms with Crippen molar-refractivity contribution in [3.63, 3.8) is 0 Å². The third-order valence-corrected chi connectivity index (χ3v) is 7.07. The Morgan fingerprint density at radius 3 is 2.03 bits per heavy atom. The number of hydrogen-bond acceptors (Lipinski definition) is 5. The van der Waals surface area contributed by atoms with Gasteiger partial charge in [-0.25, -0.2) is 4.79 Å². The molecule has 0 saturated carbocycles. The standard InChI is InChI=1S/C32H44O6/c1-3-4-5-6-7-8-9-10-11-18-23-32(31(33)34)29(37-25-27-21-16-13-17-22-27)28(30(35-2)38-32)36-24-26-19-14-12-15-20-26/h11-22,28-30H,3-10,23-25H2,1-2H3,(H,33,34)/b18-11+/t28-,29-,30-,32+/m0/s1. The predicted octanol–water partition coefficient (Wildman–Crippen LogP) is 7.07. The third-order valence-electron chi connectivity index (χ3n) is 7.07. The Morgan fingerprint density at radius 1 is 0.868 bits per heavy atom. The number of hydrogen-bond donors (Lipinski definition) is 1. The Labute approximate surface area is 228 Å². The Hall–Kier alpha value is -2.51. The van der Waals surface area contributed by atoms with Gasteiger partial charge in [-0.1, -0.05) is 118 Å². The van der Waals surface area contributed by atoms with Crippen LogP contribution in [0.4, 0.5) is 0 Å². The highest BCUT2D eigenvalue weighted by Crippen LogP contribution is 2.40. The molecule has 0 aromatic heterocycles. The molecule has 2 aromatic rings. The molecular weight excluding hydrogens is 480 g/mol. The topological polar surface area (TPSA) is 74.2 Å². The quantitative estimate of drug-likeness (QED) is 0.166. The maximum absolute atomic E-state index is 12.8. The molecule has 1 heterocycles. The summed E-state index contributed by atoms with van der Waals surface area (Å²) < 4.78 is 24.2. The lowest BCUT2D eigenvalue weighted by molar-refractivity contribution is -0.201. The molecule has 0 bridgehead atoms. The van der Waals surface area contributed by atoms with Gasteiger partial charge in [0.05, 0.1) is 13.2 Å². The van der Waals surface area contributed by atoms with Crippen molar-refractivity contribution < 1.29 is 28.8 Å². The first-order chi connectivity index (χ1) is 18.6. The van der Waals surface area contributed by atoms with Crippen LogP contribution in [0.25, 0.3) is 0 Å². The number of ether oxygens (including phenoxy) is 4. The Morgan fingerprint density at radius 2 is 1.45 bits per heavy atom. The molecule has 0 unspecified atom stereocenters. The molecule has 1 saturated heterocycles. The molecule has 0 amide bonds. The maximum Gasteiger partial charge on any atom is 0.339 e. The van der Waals surface area contributed by atoms with Crippen molar-refractivity contribution in [3.05, 3.63) is 83.9 Å². The largest absolute Gasteiger partial charge is 0.479 e. The van der Waals surface area contributed by atoms with Crippen LogP contribution < -0.4 is 0 Å². The van der Waals surface area contributed by atoms with Gasteiger partial charge in [0.2, 0.25) is 0 Å². The second-order valence-electron chi connectivity index (χ2n) is 9.98. The predicted molar refractivity (Wildman–Crippen MR) is 149 cm³/mol. The van der Waals surface area contributed by atoms with Crippen molar-refractivity contribution in [2.75, 3.05) is 7.11 Å². The first kappa shape index (κ1) is 30.0. The summed E-state index contributed by atoms with van der Waals surface area (Å²) in [6.07, 6.45) is 11.3. The molecule has 3 rings (SSSR count). The molecule has 1 fully saturated rings. The summed E-state index contributed by atoms with van der Waals surface area (Å²) in [4.78, 5) is 12.8. The number of benzene rings is 2. The summed E-state index contributed by atoms with van der Waals surface area (Å²) in [5.74, 6) is -1.08. The van der Waals surface area contributed by atoms with Crippen LogP contribution in [0, 0.1) is 0 Å². The first-order valence-electron chi connectivity index (χ1n) is 14.0. The van der Waals surface area contributed by atoms with Crippen LogP contribution in [-0.2, 0) is 37.0 Å². The van der Waals surface area contributed by atoms with E-state index < -0.39 is 30.1 Å². The van der Waals surface area contributed by atoms with E-state index >= 15 is 0 Å². The van der Waals surface area contributed by atoms with Gasteiger partial charge >= 0.3 is 5.97 Å². The van der Waals surface area contributed by atoms with Crippen LogP contribution in [0.3, 0.4) is 0 Å². The minimum Gasteiger partial charge on any atom is -0.479 e. The number of allylic oxidation sites excluding steroid dienone is 1. The van der Waals surface area contributed by atoms with Crippen molar-refractivity contribution in [3.8, 4) is 0 Å². The van der Waals surface area contributed by atoms with E-state index in [2.05, 4.69) is 13.0 Å². The first-order valence-corrected chi connectivity index (χ1v) is 14.0. The zero-order valence-corrected chi connectivity index (χ0v) is 22.9. The van der Waals surface area contributed by atoms with Gasteiger partial charge in [-0.2, -0.15) is 0 Å². The molecule has 0 radical (unpaired) electrons. The third kappa shape index (κ3) is 8.77. The van der Waals surface area contributed by atoms with Crippen molar-refractivity contribution in [2.45, 2.75) is 102 Å². The highest BCUT2D eigenvalue weighted by Gasteiger charge is 2.61. The molecule has 2 aromatic carbocycles. The molecule has 1 aliphatic heterocycles. The Bertz CT molecular complexity index is 947. The van der Waals surface area contributed by atoms with E-state index in [0.29, 0.717) is 6.61 Å². The van der Waals surface area contributed by atoms with Gasteiger partial charge in [0.15, 0.2) is 11.9 Å². The fourth-order valence-corrected chi connectivity index (χ4v) is 4.87. The zero-order valence-electron chi connectivity index (χ0n) is 22.9. The minimum absolute atomic E-state index is 0.170. The van der Waals surface area contributed by atoms with E-state index in [0.717, 1.165) is 24.0 Å². The van der Waals surface area contributed by atoms with Gasteiger partial charge in [0.25, 0.3) is 0 Å². The second-order valence-corrected chi connectivity index (χ2v) is 9.98. The van der Waals surface area contributed by atoms with Gasteiger partial charge < -0.3 is 24.1 Å². The second kappa shape index (κ2) is 16.5. The van der Waals surface area contributed by atoms with Gasteiger partial charge in [-0.3, -0.25) is 0 Å². The summed E-state index contributed by atoms with van der Waals surface area (Å²) in [6, 6.07) is 19.5. The monoisotopic (exact) mass is 524 g/mol. The smallest absolute Gasteiger partial charge is 0.339 e. The lowest BCUT2D eigenvalue weighted by Crippen LogP contribution is -2.51. The molecule has 0 spiro atoms. The highest BCUT2D eigenvalue weighted by atomic mass is 16.7. The SMILES string of the molecule is CCCCCCCCC/C=C/C[C@@]1(C(=O)O)O[C@H](OC)[C@@H](OCc2ccccc2)[C@@H]1OCc1ccccc1. The average Bonchev–Trinajstić information content (AvgIpc) is 3.26. The summed E-state index contributed by atoms with van der Waals surface area (Å²) >= 11 is 0. The van der Waals surface area contributed by atoms with Crippen LogP contribution in [0.15, 0.2) is 72.8 Å². The fourth-order valence-electron chi connectivity index (χ4n) is 4.87. The van der Waals surface area contributed by atoms with Crippen LogP contribution in [0.1, 0.15) is 75.8 Å². The summed E-state index contributed by atoms with van der Waals surface area (Å²) in [5.41, 5.74) is 0.309.